The Morgan fingerprint density at radius 1 is 1.26 bits per heavy atom. The molecule has 0 amide bonds. The first-order valence-electron chi connectivity index (χ1n) is 7.29. The highest BCUT2D eigenvalue weighted by Crippen LogP contribution is 2.36. The second-order valence-corrected chi connectivity index (χ2v) is 5.68. The van der Waals surface area contributed by atoms with Crippen molar-refractivity contribution in [2.24, 2.45) is 0 Å². The second-order valence-electron chi connectivity index (χ2n) is 5.68. The minimum atomic E-state index is -0.169. The van der Waals surface area contributed by atoms with Crippen LogP contribution < -0.4 is 5.32 Å². The summed E-state index contributed by atoms with van der Waals surface area (Å²) in [5, 5.41) is 3.44. The minimum absolute atomic E-state index is 0.0864. The summed E-state index contributed by atoms with van der Waals surface area (Å²) >= 11 is 0. The topological polar surface area (TPSA) is 15.3 Å². The van der Waals surface area contributed by atoms with Gasteiger partial charge in [0.2, 0.25) is 0 Å². The molecule has 0 saturated carbocycles. The predicted molar refractivity (Wildman–Crippen MR) is 77.7 cm³/mol. The van der Waals surface area contributed by atoms with Crippen LogP contribution in [0.3, 0.4) is 0 Å². The molecule has 1 saturated heterocycles. The van der Waals surface area contributed by atoms with Gasteiger partial charge in [-0.25, -0.2) is 4.39 Å². The number of nitrogens with one attached hydrogen (secondary N) is 1. The molecule has 2 unspecified atom stereocenters. The van der Waals surface area contributed by atoms with Gasteiger partial charge in [-0.2, -0.15) is 0 Å². The van der Waals surface area contributed by atoms with Crippen LogP contribution in [-0.4, -0.2) is 30.6 Å². The number of nitrogens with zero attached hydrogens (tertiary/aromatic N) is 1. The highest BCUT2D eigenvalue weighted by Gasteiger charge is 2.39. The fourth-order valence-corrected chi connectivity index (χ4v) is 3.33. The Bertz CT molecular complexity index is 398. The summed E-state index contributed by atoms with van der Waals surface area (Å²) in [6.45, 7) is 6.91. The summed E-state index contributed by atoms with van der Waals surface area (Å²) in [4.78, 5) is 2.58. The minimum Gasteiger partial charge on any atom is -0.311 e. The molecule has 1 aromatic carbocycles. The van der Waals surface area contributed by atoms with Gasteiger partial charge in [-0.15, -0.1) is 0 Å². The largest absolute Gasteiger partial charge is 0.311 e. The normalized spacial score (nSPS) is 21.3. The van der Waals surface area contributed by atoms with Crippen LogP contribution in [0.25, 0.3) is 0 Å². The van der Waals surface area contributed by atoms with Gasteiger partial charge in [0.25, 0.3) is 0 Å². The molecule has 2 atom stereocenters. The quantitative estimate of drug-likeness (QED) is 0.877. The maximum atomic E-state index is 13.1. The number of hydrogen-bond acceptors (Lipinski definition) is 2. The Labute approximate surface area is 116 Å². The SMILES string of the molecule is CCC(C)(C(NC)c1ccc(F)cc1)N1CCCC1. The van der Waals surface area contributed by atoms with E-state index in [0.29, 0.717) is 0 Å². The van der Waals surface area contributed by atoms with E-state index >= 15 is 0 Å². The lowest BCUT2D eigenvalue weighted by Crippen LogP contribution is -2.52. The molecule has 0 bridgehead atoms. The Morgan fingerprint density at radius 2 is 1.84 bits per heavy atom. The molecule has 0 spiro atoms. The van der Waals surface area contributed by atoms with Crippen molar-refractivity contribution in [2.75, 3.05) is 20.1 Å². The van der Waals surface area contributed by atoms with E-state index in [2.05, 4.69) is 24.1 Å². The van der Waals surface area contributed by atoms with E-state index in [1.165, 1.54) is 31.5 Å². The molecule has 1 aliphatic heterocycles. The van der Waals surface area contributed by atoms with E-state index in [-0.39, 0.29) is 17.4 Å². The summed E-state index contributed by atoms with van der Waals surface area (Å²) in [6.07, 6.45) is 3.65. The first-order chi connectivity index (χ1) is 9.11. The summed E-state index contributed by atoms with van der Waals surface area (Å²) in [6, 6.07) is 7.15. The van der Waals surface area contributed by atoms with E-state index in [1.54, 1.807) is 12.1 Å². The number of halogens is 1. The molecule has 3 heteroatoms. The van der Waals surface area contributed by atoms with Crippen molar-refractivity contribution in [3.63, 3.8) is 0 Å². The molecule has 19 heavy (non-hydrogen) atoms. The first-order valence-corrected chi connectivity index (χ1v) is 7.29. The number of rotatable bonds is 5. The molecule has 2 nitrogen and oxygen atoms in total. The standard InChI is InChI=1S/C16H25FN2/c1-4-16(2,19-11-5-6-12-19)15(18-3)13-7-9-14(17)10-8-13/h7-10,15,18H,4-6,11-12H2,1-3H3. The Morgan fingerprint density at radius 3 is 2.32 bits per heavy atom. The zero-order valence-corrected chi connectivity index (χ0v) is 12.2. The van der Waals surface area contributed by atoms with Crippen LogP contribution in [0.4, 0.5) is 4.39 Å². The monoisotopic (exact) mass is 264 g/mol. The smallest absolute Gasteiger partial charge is 0.123 e. The van der Waals surface area contributed by atoms with Crippen molar-refractivity contribution in [2.45, 2.75) is 44.7 Å². The lowest BCUT2D eigenvalue weighted by atomic mass is 9.83. The van der Waals surface area contributed by atoms with E-state index in [1.807, 2.05) is 19.2 Å². The summed E-state index contributed by atoms with van der Waals surface area (Å²) in [5.41, 5.74) is 1.25. The van der Waals surface area contributed by atoms with Gasteiger partial charge in [-0.1, -0.05) is 19.1 Å². The fraction of sp³-hybridized carbons (Fsp3) is 0.625. The van der Waals surface area contributed by atoms with Crippen molar-refractivity contribution in [1.82, 2.24) is 10.2 Å². The molecule has 0 aliphatic carbocycles. The third kappa shape index (κ3) is 2.82. The fourth-order valence-electron chi connectivity index (χ4n) is 3.33. The lowest BCUT2D eigenvalue weighted by molar-refractivity contribution is 0.0873. The molecule has 1 heterocycles. The molecular weight excluding hydrogens is 239 g/mol. The van der Waals surface area contributed by atoms with Crippen LogP contribution in [0.1, 0.15) is 44.7 Å². The van der Waals surface area contributed by atoms with Gasteiger partial charge in [0, 0.05) is 5.54 Å². The first kappa shape index (κ1) is 14.5. The maximum absolute atomic E-state index is 13.1. The lowest BCUT2D eigenvalue weighted by Gasteiger charge is -2.44. The molecule has 2 rings (SSSR count). The molecule has 1 fully saturated rings. The zero-order chi connectivity index (χ0) is 13.9. The van der Waals surface area contributed by atoms with Crippen LogP contribution in [0.2, 0.25) is 0 Å². The predicted octanol–water partition coefficient (Wildman–Crippen LogP) is 3.35. The van der Waals surface area contributed by atoms with Crippen LogP contribution in [-0.2, 0) is 0 Å². The molecule has 0 aromatic heterocycles. The Kier molecular flexibility index (Phi) is 4.58. The van der Waals surface area contributed by atoms with Crippen molar-refractivity contribution >= 4 is 0 Å². The van der Waals surface area contributed by atoms with Crippen molar-refractivity contribution in [3.8, 4) is 0 Å². The summed E-state index contributed by atoms with van der Waals surface area (Å²) in [7, 11) is 2.00. The molecule has 1 N–H and O–H groups in total. The van der Waals surface area contributed by atoms with Crippen molar-refractivity contribution in [3.05, 3.63) is 35.6 Å². The van der Waals surface area contributed by atoms with Gasteiger partial charge in [0.15, 0.2) is 0 Å². The molecule has 1 aliphatic rings. The average Bonchev–Trinajstić information content (AvgIpc) is 2.96. The van der Waals surface area contributed by atoms with Gasteiger partial charge in [0.05, 0.1) is 6.04 Å². The molecule has 0 radical (unpaired) electrons. The second kappa shape index (κ2) is 6.02. The average molecular weight is 264 g/mol. The van der Waals surface area contributed by atoms with Crippen LogP contribution >= 0.6 is 0 Å². The van der Waals surface area contributed by atoms with Crippen LogP contribution in [0.15, 0.2) is 24.3 Å². The summed E-state index contributed by atoms with van der Waals surface area (Å²) in [5.74, 6) is -0.169. The number of likely N-dealkylation sites (tertiary alicyclic amines) is 1. The van der Waals surface area contributed by atoms with Crippen LogP contribution in [0.5, 0.6) is 0 Å². The van der Waals surface area contributed by atoms with Crippen molar-refractivity contribution < 1.29 is 4.39 Å². The van der Waals surface area contributed by atoms with E-state index in [9.17, 15) is 4.39 Å². The van der Waals surface area contributed by atoms with Crippen molar-refractivity contribution in [1.29, 1.82) is 0 Å². The van der Waals surface area contributed by atoms with Crippen LogP contribution in [0, 0.1) is 5.82 Å². The van der Waals surface area contributed by atoms with E-state index < -0.39 is 0 Å². The Balaban J connectivity index is 2.29. The van der Waals surface area contributed by atoms with Gasteiger partial charge >= 0.3 is 0 Å². The highest BCUT2D eigenvalue weighted by atomic mass is 19.1. The third-order valence-electron chi connectivity index (χ3n) is 4.66. The van der Waals surface area contributed by atoms with Gasteiger partial charge in [-0.05, 0) is 64.0 Å². The van der Waals surface area contributed by atoms with E-state index in [0.717, 1.165) is 6.42 Å². The van der Waals surface area contributed by atoms with Gasteiger partial charge < -0.3 is 5.32 Å². The number of likely N-dealkylation sites (N-methyl/N-ethyl adjacent to an activating group) is 1. The van der Waals surface area contributed by atoms with Gasteiger partial charge in [0.1, 0.15) is 5.82 Å². The number of benzene rings is 1. The Hall–Kier alpha value is -0.930. The summed E-state index contributed by atoms with van der Waals surface area (Å²) < 4.78 is 13.1. The molecule has 106 valence electrons. The van der Waals surface area contributed by atoms with E-state index in [4.69, 9.17) is 0 Å². The molecular formula is C16H25FN2. The molecule has 1 aromatic rings. The zero-order valence-electron chi connectivity index (χ0n) is 12.2. The third-order valence-corrected chi connectivity index (χ3v) is 4.66. The maximum Gasteiger partial charge on any atom is 0.123 e. The highest BCUT2D eigenvalue weighted by molar-refractivity contribution is 5.24. The number of hydrogen-bond donors (Lipinski definition) is 1. The van der Waals surface area contributed by atoms with Gasteiger partial charge in [-0.3, -0.25) is 4.90 Å².